The quantitative estimate of drug-likeness (QED) is 0.595. The first-order valence-electron chi connectivity index (χ1n) is 4.97. The van der Waals surface area contributed by atoms with Gasteiger partial charge in [0, 0.05) is 13.1 Å². The molecule has 1 rings (SSSR count). The van der Waals surface area contributed by atoms with Crippen molar-refractivity contribution in [2.45, 2.75) is 38.3 Å². The van der Waals surface area contributed by atoms with Crippen LogP contribution in [0.1, 0.15) is 32.1 Å². The third kappa shape index (κ3) is 3.09. The maximum Gasteiger partial charge on any atom is 0.107 e. The van der Waals surface area contributed by atoms with Gasteiger partial charge in [-0.1, -0.05) is 0 Å². The van der Waals surface area contributed by atoms with Crippen molar-refractivity contribution < 1.29 is 5.11 Å². The van der Waals surface area contributed by atoms with Gasteiger partial charge in [0.25, 0.3) is 0 Å². The Morgan fingerprint density at radius 1 is 1.25 bits per heavy atom. The van der Waals surface area contributed by atoms with Gasteiger partial charge in [-0.25, -0.2) is 0 Å². The molecule has 0 saturated carbocycles. The van der Waals surface area contributed by atoms with E-state index in [9.17, 15) is 5.11 Å². The van der Waals surface area contributed by atoms with Crippen molar-refractivity contribution in [1.29, 1.82) is 0 Å². The highest BCUT2D eigenvalue weighted by Gasteiger charge is 2.18. The summed E-state index contributed by atoms with van der Waals surface area (Å²) in [6, 6.07) is 0. The topological polar surface area (TPSA) is 49.5 Å². The predicted octanol–water partition coefficient (Wildman–Crippen LogP) is 0.530. The summed E-state index contributed by atoms with van der Waals surface area (Å²) in [6.07, 6.45) is 5.25. The SMILES string of the molecule is NCCCCC(O)N1CCCC1. The maximum atomic E-state index is 9.66. The van der Waals surface area contributed by atoms with Crippen LogP contribution in [0.4, 0.5) is 0 Å². The summed E-state index contributed by atoms with van der Waals surface area (Å²) in [5.74, 6) is 0. The first-order valence-corrected chi connectivity index (χ1v) is 4.97. The van der Waals surface area contributed by atoms with Crippen molar-refractivity contribution in [3.05, 3.63) is 0 Å². The Hall–Kier alpha value is -0.120. The largest absolute Gasteiger partial charge is 0.378 e. The second-order valence-corrected chi connectivity index (χ2v) is 3.51. The minimum absolute atomic E-state index is 0.209. The number of unbranched alkanes of at least 4 members (excludes halogenated alkanes) is 1. The van der Waals surface area contributed by atoms with Gasteiger partial charge in [-0.05, 0) is 38.6 Å². The van der Waals surface area contributed by atoms with E-state index in [0.29, 0.717) is 0 Å². The van der Waals surface area contributed by atoms with E-state index in [1.165, 1.54) is 12.8 Å². The summed E-state index contributed by atoms with van der Waals surface area (Å²) < 4.78 is 0. The van der Waals surface area contributed by atoms with E-state index in [0.717, 1.165) is 38.9 Å². The van der Waals surface area contributed by atoms with Crippen molar-refractivity contribution >= 4 is 0 Å². The van der Waals surface area contributed by atoms with Gasteiger partial charge in [-0.2, -0.15) is 0 Å². The van der Waals surface area contributed by atoms with Crippen LogP contribution in [-0.2, 0) is 0 Å². The van der Waals surface area contributed by atoms with Gasteiger partial charge in [0.1, 0.15) is 6.23 Å². The summed E-state index contributed by atoms with van der Waals surface area (Å²) in [6.45, 7) is 2.89. The molecule has 3 N–H and O–H groups in total. The van der Waals surface area contributed by atoms with E-state index < -0.39 is 0 Å². The van der Waals surface area contributed by atoms with Crippen molar-refractivity contribution in [1.82, 2.24) is 4.90 Å². The molecule has 12 heavy (non-hydrogen) atoms. The van der Waals surface area contributed by atoms with E-state index in [1.54, 1.807) is 0 Å². The smallest absolute Gasteiger partial charge is 0.107 e. The Balaban J connectivity index is 2.05. The molecule has 1 heterocycles. The van der Waals surface area contributed by atoms with Gasteiger partial charge >= 0.3 is 0 Å². The van der Waals surface area contributed by atoms with E-state index in [4.69, 9.17) is 5.73 Å². The van der Waals surface area contributed by atoms with Crippen molar-refractivity contribution in [2.75, 3.05) is 19.6 Å². The molecule has 0 aliphatic carbocycles. The second kappa shape index (κ2) is 5.51. The van der Waals surface area contributed by atoms with Crippen LogP contribution in [0, 0.1) is 0 Å². The molecule has 0 aromatic rings. The van der Waals surface area contributed by atoms with E-state index in [1.807, 2.05) is 0 Å². The first kappa shape index (κ1) is 9.96. The van der Waals surface area contributed by atoms with Gasteiger partial charge in [-0.3, -0.25) is 4.90 Å². The molecule has 72 valence electrons. The van der Waals surface area contributed by atoms with Crippen LogP contribution in [0.25, 0.3) is 0 Å². The number of nitrogens with zero attached hydrogens (tertiary/aromatic N) is 1. The average Bonchev–Trinajstić information content (AvgIpc) is 2.56. The molecule has 1 fully saturated rings. The molecular formula is C9H20N2O. The number of hydrogen-bond donors (Lipinski definition) is 2. The van der Waals surface area contributed by atoms with Crippen molar-refractivity contribution in [3.63, 3.8) is 0 Å². The predicted molar refractivity (Wildman–Crippen MR) is 49.7 cm³/mol. The molecule has 0 spiro atoms. The third-order valence-corrected chi connectivity index (χ3v) is 2.48. The fourth-order valence-corrected chi connectivity index (χ4v) is 1.69. The van der Waals surface area contributed by atoms with Crippen molar-refractivity contribution in [3.8, 4) is 0 Å². The lowest BCUT2D eigenvalue weighted by molar-refractivity contribution is 0.0124. The highest BCUT2D eigenvalue weighted by molar-refractivity contribution is 4.68. The van der Waals surface area contributed by atoms with E-state index in [2.05, 4.69) is 4.90 Å². The lowest BCUT2D eigenvalue weighted by Crippen LogP contribution is -2.32. The van der Waals surface area contributed by atoms with Gasteiger partial charge in [-0.15, -0.1) is 0 Å². The zero-order valence-electron chi connectivity index (χ0n) is 7.71. The molecule has 0 radical (unpaired) electrons. The number of aliphatic hydroxyl groups excluding tert-OH is 1. The molecule has 1 aliphatic rings. The molecule has 0 aromatic heterocycles. The molecule has 3 nitrogen and oxygen atoms in total. The molecular weight excluding hydrogens is 152 g/mol. The molecule has 1 atom stereocenters. The fraction of sp³-hybridized carbons (Fsp3) is 1.00. The Bertz CT molecular complexity index is 113. The lowest BCUT2D eigenvalue weighted by Gasteiger charge is -2.21. The number of rotatable bonds is 5. The zero-order chi connectivity index (χ0) is 8.81. The molecule has 0 bridgehead atoms. The Labute approximate surface area is 74.5 Å². The number of aliphatic hydroxyl groups is 1. The Kier molecular flexibility index (Phi) is 4.58. The van der Waals surface area contributed by atoms with Gasteiger partial charge in [0.2, 0.25) is 0 Å². The number of likely N-dealkylation sites (tertiary alicyclic amines) is 1. The Morgan fingerprint density at radius 2 is 1.92 bits per heavy atom. The molecule has 1 saturated heterocycles. The standard InChI is InChI=1S/C9H20N2O/c10-6-2-1-5-9(12)11-7-3-4-8-11/h9,12H,1-8,10H2. The van der Waals surface area contributed by atoms with Gasteiger partial charge < -0.3 is 10.8 Å². The minimum Gasteiger partial charge on any atom is -0.378 e. The monoisotopic (exact) mass is 172 g/mol. The van der Waals surface area contributed by atoms with Crippen LogP contribution in [-0.4, -0.2) is 35.9 Å². The zero-order valence-corrected chi connectivity index (χ0v) is 7.71. The van der Waals surface area contributed by atoms with Crippen LogP contribution < -0.4 is 5.73 Å². The summed E-state index contributed by atoms with van der Waals surface area (Å²) in [4.78, 5) is 2.16. The lowest BCUT2D eigenvalue weighted by atomic mass is 10.2. The van der Waals surface area contributed by atoms with Crippen LogP contribution in [0.15, 0.2) is 0 Å². The summed E-state index contributed by atoms with van der Waals surface area (Å²) in [5.41, 5.74) is 5.37. The average molecular weight is 172 g/mol. The summed E-state index contributed by atoms with van der Waals surface area (Å²) in [7, 11) is 0. The van der Waals surface area contributed by atoms with Crippen LogP contribution >= 0.6 is 0 Å². The van der Waals surface area contributed by atoms with Gasteiger partial charge in [0.15, 0.2) is 0 Å². The van der Waals surface area contributed by atoms with Crippen LogP contribution in [0.5, 0.6) is 0 Å². The second-order valence-electron chi connectivity index (χ2n) is 3.51. The molecule has 0 amide bonds. The molecule has 0 aromatic carbocycles. The molecule has 1 unspecified atom stereocenters. The van der Waals surface area contributed by atoms with Crippen LogP contribution in [0.2, 0.25) is 0 Å². The highest BCUT2D eigenvalue weighted by atomic mass is 16.3. The Morgan fingerprint density at radius 3 is 2.50 bits per heavy atom. The summed E-state index contributed by atoms with van der Waals surface area (Å²) in [5, 5.41) is 9.66. The minimum atomic E-state index is -0.209. The molecule has 1 aliphatic heterocycles. The van der Waals surface area contributed by atoms with Gasteiger partial charge in [0.05, 0.1) is 0 Å². The van der Waals surface area contributed by atoms with Crippen LogP contribution in [0.3, 0.4) is 0 Å². The van der Waals surface area contributed by atoms with E-state index in [-0.39, 0.29) is 6.23 Å². The molecule has 3 heteroatoms. The normalized spacial score (nSPS) is 21.5. The number of hydrogen-bond acceptors (Lipinski definition) is 3. The first-order chi connectivity index (χ1) is 5.84. The fourth-order valence-electron chi connectivity index (χ4n) is 1.69. The maximum absolute atomic E-state index is 9.66. The van der Waals surface area contributed by atoms with E-state index >= 15 is 0 Å². The summed E-state index contributed by atoms with van der Waals surface area (Å²) >= 11 is 0. The highest BCUT2D eigenvalue weighted by Crippen LogP contribution is 2.13. The van der Waals surface area contributed by atoms with Crippen molar-refractivity contribution in [2.24, 2.45) is 5.73 Å². The number of nitrogens with two attached hydrogens (primary N) is 1. The third-order valence-electron chi connectivity index (χ3n) is 2.48.